The van der Waals surface area contributed by atoms with Gasteiger partial charge in [-0.25, -0.2) is 4.79 Å². The monoisotopic (exact) mass is 410 g/mol. The van der Waals surface area contributed by atoms with Crippen LogP contribution in [0.3, 0.4) is 0 Å². The van der Waals surface area contributed by atoms with Crippen molar-refractivity contribution in [3.8, 4) is 11.5 Å². The Hall–Kier alpha value is -3.81. The van der Waals surface area contributed by atoms with Crippen LogP contribution in [0.15, 0.2) is 47.0 Å². The molecule has 0 saturated heterocycles. The number of aryl methyl sites for hydroxylation is 2. The molecule has 0 atom stereocenters. The molecule has 3 aromatic rings. The van der Waals surface area contributed by atoms with Crippen LogP contribution in [0.25, 0.3) is 0 Å². The molecule has 1 N–H and O–H groups in total. The quantitative estimate of drug-likeness (QED) is 0.589. The number of nitrogens with one attached hydrogen (secondary N) is 1. The smallest absolute Gasteiger partial charge is 0.338 e. The summed E-state index contributed by atoms with van der Waals surface area (Å²) >= 11 is 0. The average Bonchev–Trinajstić information content (AvgIpc) is 3.08. The summed E-state index contributed by atoms with van der Waals surface area (Å²) in [5.41, 5.74) is 2.56. The van der Waals surface area contributed by atoms with Crippen LogP contribution in [0.5, 0.6) is 11.5 Å². The highest BCUT2D eigenvalue weighted by atomic mass is 16.5. The van der Waals surface area contributed by atoms with Crippen LogP contribution in [0, 0.1) is 13.8 Å². The fourth-order valence-electron chi connectivity index (χ4n) is 2.86. The highest BCUT2D eigenvalue weighted by Gasteiger charge is 2.17. The third-order valence-corrected chi connectivity index (χ3v) is 4.51. The van der Waals surface area contributed by atoms with Crippen molar-refractivity contribution < 1.29 is 28.3 Å². The average molecular weight is 410 g/mol. The van der Waals surface area contributed by atoms with Gasteiger partial charge in [0.2, 0.25) is 0 Å². The van der Waals surface area contributed by atoms with Gasteiger partial charge in [0.1, 0.15) is 23.9 Å². The lowest BCUT2D eigenvalue weighted by molar-refractivity contribution is 0.0600. The van der Waals surface area contributed by atoms with E-state index in [1.54, 1.807) is 37.3 Å². The first-order chi connectivity index (χ1) is 14.4. The number of para-hydroxylation sites is 1. The van der Waals surface area contributed by atoms with Gasteiger partial charge in [-0.15, -0.1) is 0 Å². The van der Waals surface area contributed by atoms with Gasteiger partial charge in [-0.1, -0.05) is 17.3 Å². The van der Waals surface area contributed by atoms with Crippen molar-refractivity contribution in [2.45, 2.75) is 20.5 Å². The van der Waals surface area contributed by atoms with Crippen LogP contribution >= 0.6 is 0 Å². The number of benzene rings is 2. The van der Waals surface area contributed by atoms with Crippen LogP contribution in [0.2, 0.25) is 0 Å². The number of carbonyl (C=O) groups is 2. The molecule has 0 spiro atoms. The first-order valence-corrected chi connectivity index (χ1v) is 9.15. The Balaban J connectivity index is 1.82. The predicted octanol–water partition coefficient (Wildman–Crippen LogP) is 3.92. The SMILES string of the molecule is COC(=O)c1cc(NC(=O)c2ccccc2OCc2c(C)noc2C)cc(OC)c1. The summed E-state index contributed by atoms with van der Waals surface area (Å²) in [6.07, 6.45) is 0. The second-order valence-corrected chi connectivity index (χ2v) is 6.48. The number of esters is 1. The van der Waals surface area contributed by atoms with E-state index in [4.69, 9.17) is 18.7 Å². The predicted molar refractivity (Wildman–Crippen MR) is 109 cm³/mol. The third-order valence-electron chi connectivity index (χ3n) is 4.51. The summed E-state index contributed by atoms with van der Waals surface area (Å²) in [6.45, 7) is 3.85. The maximum Gasteiger partial charge on any atom is 0.338 e. The number of aromatic nitrogens is 1. The maximum atomic E-state index is 12.9. The highest BCUT2D eigenvalue weighted by molar-refractivity contribution is 6.06. The molecule has 0 bridgehead atoms. The molecule has 8 nitrogen and oxygen atoms in total. The largest absolute Gasteiger partial charge is 0.497 e. The number of methoxy groups -OCH3 is 2. The van der Waals surface area contributed by atoms with Crippen LogP contribution in [0.4, 0.5) is 5.69 Å². The molecule has 0 radical (unpaired) electrons. The van der Waals surface area contributed by atoms with Gasteiger partial charge in [0.05, 0.1) is 36.6 Å². The summed E-state index contributed by atoms with van der Waals surface area (Å²) in [6, 6.07) is 11.5. The maximum absolute atomic E-state index is 12.9. The molecule has 8 heteroatoms. The van der Waals surface area contributed by atoms with Gasteiger partial charge in [0.25, 0.3) is 5.91 Å². The van der Waals surface area contributed by atoms with E-state index in [2.05, 4.69) is 10.5 Å². The third kappa shape index (κ3) is 4.60. The van der Waals surface area contributed by atoms with Gasteiger partial charge < -0.3 is 24.1 Å². The van der Waals surface area contributed by atoms with Crippen molar-refractivity contribution in [1.29, 1.82) is 0 Å². The zero-order chi connectivity index (χ0) is 21.7. The zero-order valence-corrected chi connectivity index (χ0v) is 17.1. The molecule has 2 aromatic carbocycles. The molecule has 0 aliphatic carbocycles. The number of rotatable bonds is 7. The summed E-state index contributed by atoms with van der Waals surface area (Å²) in [5, 5.41) is 6.67. The summed E-state index contributed by atoms with van der Waals surface area (Å²) in [5.74, 6) is 0.560. The van der Waals surface area contributed by atoms with E-state index in [1.807, 2.05) is 6.92 Å². The van der Waals surface area contributed by atoms with E-state index in [9.17, 15) is 9.59 Å². The topological polar surface area (TPSA) is 99.9 Å². The fourth-order valence-corrected chi connectivity index (χ4v) is 2.86. The number of ether oxygens (including phenoxy) is 3. The summed E-state index contributed by atoms with van der Waals surface area (Å²) < 4.78 is 21.0. The summed E-state index contributed by atoms with van der Waals surface area (Å²) in [4.78, 5) is 24.8. The Bertz CT molecular complexity index is 1050. The van der Waals surface area contributed by atoms with Gasteiger partial charge in [0, 0.05) is 11.8 Å². The Morgan fingerprint density at radius 2 is 1.87 bits per heavy atom. The molecular formula is C22H22N2O6. The van der Waals surface area contributed by atoms with E-state index in [-0.39, 0.29) is 12.2 Å². The number of amides is 1. The lowest BCUT2D eigenvalue weighted by atomic mass is 10.1. The zero-order valence-electron chi connectivity index (χ0n) is 17.1. The van der Waals surface area contributed by atoms with Gasteiger partial charge in [-0.2, -0.15) is 0 Å². The van der Waals surface area contributed by atoms with Gasteiger partial charge in [-0.05, 0) is 38.1 Å². The standard InChI is InChI=1S/C22H22N2O6/c1-13-19(14(2)30-24-13)12-29-20-8-6-5-7-18(20)21(25)23-16-9-15(22(26)28-4)10-17(11-16)27-3/h5-11H,12H2,1-4H3,(H,23,25). The van der Waals surface area contributed by atoms with E-state index in [0.717, 1.165) is 11.3 Å². The number of hydrogen-bond donors (Lipinski definition) is 1. The number of nitrogens with zero attached hydrogens (tertiary/aromatic N) is 1. The number of carbonyl (C=O) groups excluding carboxylic acids is 2. The molecule has 0 fully saturated rings. The molecule has 0 saturated carbocycles. The minimum Gasteiger partial charge on any atom is -0.497 e. The Morgan fingerprint density at radius 3 is 2.53 bits per heavy atom. The highest BCUT2D eigenvalue weighted by Crippen LogP contribution is 2.25. The van der Waals surface area contributed by atoms with Gasteiger partial charge in [0.15, 0.2) is 0 Å². The van der Waals surface area contributed by atoms with E-state index < -0.39 is 11.9 Å². The summed E-state index contributed by atoms with van der Waals surface area (Å²) in [7, 11) is 2.76. The second-order valence-electron chi connectivity index (χ2n) is 6.48. The second kappa shape index (κ2) is 9.13. The number of anilines is 1. The van der Waals surface area contributed by atoms with E-state index >= 15 is 0 Å². The van der Waals surface area contributed by atoms with Gasteiger partial charge >= 0.3 is 5.97 Å². The van der Waals surface area contributed by atoms with Crippen LogP contribution in [-0.2, 0) is 11.3 Å². The van der Waals surface area contributed by atoms with Crippen molar-refractivity contribution in [2.24, 2.45) is 0 Å². The molecule has 0 unspecified atom stereocenters. The van der Waals surface area contributed by atoms with E-state index in [0.29, 0.717) is 28.5 Å². The first-order valence-electron chi connectivity index (χ1n) is 9.15. The normalized spacial score (nSPS) is 10.4. The molecule has 156 valence electrons. The Labute approximate surface area is 173 Å². The van der Waals surface area contributed by atoms with Gasteiger partial charge in [-0.3, -0.25) is 4.79 Å². The molecular weight excluding hydrogens is 388 g/mol. The van der Waals surface area contributed by atoms with Crippen LogP contribution in [0.1, 0.15) is 37.7 Å². The molecule has 3 rings (SSSR count). The van der Waals surface area contributed by atoms with Crippen molar-refractivity contribution in [2.75, 3.05) is 19.5 Å². The lowest BCUT2D eigenvalue weighted by Gasteiger charge is -2.13. The van der Waals surface area contributed by atoms with Crippen molar-refractivity contribution >= 4 is 17.6 Å². The number of hydrogen-bond acceptors (Lipinski definition) is 7. The Morgan fingerprint density at radius 1 is 1.10 bits per heavy atom. The van der Waals surface area contributed by atoms with Crippen LogP contribution < -0.4 is 14.8 Å². The minimum atomic E-state index is -0.535. The minimum absolute atomic E-state index is 0.219. The van der Waals surface area contributed by atoms with Crippen molar-refractivity contribution in [3.05, 3.63) is 70.6 Å². The molecule has 1 aromatic heterocycles. The first kappa shape index (κ1) is 20.9. The Kier molecular flexibility index (Phi) is 6.36. The van der Waals surface area contributed by atoms with Crippen LogP contribution in [-0.4, -0.2) is 31.3 Å². The molecule has 0 aliphatic heterocycles. The molecule has 30 heavy (non-hydrogen) atoms. The molecule has 0 aliphatic rings. The molecule has 1 heterocycles. The fraction of sp³-hybridized carbons (Fsp3) is 0.227. The van der Waals surface area contributed by atoms with Crippen molar-refractivity contribution in [1.82, 2.24) is 5.16 Å². The van der Waals surface area contributed by atoms with Crippen molar-refractivity contribution in [3.63, 3.8) is 0 Å². The van der Waals surface area contributed by atoms with E-state index in [1.165, 1.54) is 26.4 Å². The molecule has 1 amide bonds. The lowest BCUT2D eigenvalue weighted by Crippen LogP contribution is -2.14.